The Kier molecular flexibility index (Phi) is 6.76. The number of carbonyl (C=O) groups is 1. The van der Waals surface area contributed by atoms with Crippen molar-refractivity contribution in [1.82, 2.24) is 15.3 Å². The third kappa shape index (κ3) is 4.85. The first-order valence-corrected chi connectivity index (χ1v) is 11.6. The molecule has 0 aromatic carbocycles. The van der Waals surface area contributed by atoms with E-state index in [4.69, 9.17) is 4.42 Å². The van der Waals surface area contributed by atoms with E-state index in [0.29, 0.717) is 23.0 Å². The van der Waals surface area contributed by atoms with Crippen molar-refractivity contribution in [3.63, 3.8) is 0 Å². The molecule has 0 bridgehead atoms. The van der Waals surface area contributed by atoms with Gasteiger partial charge in [0.25, 0.3) is 5.91 Å². The number of likely N-dealkylation sites (tertiary alicyclic amines) is 1. The maximum absolute atomic E-state index is 12.5. The van der Waals surface area contributed by atoms with E-state index in [1.165, 1.54) is 68.6 Å². The Balaban J connectivity index is 1.51. The maximum atomic E-state index is 12.5. The molecule has 0 atom stereocenters. The number of amides is 1. The summed E-state index contributed by atoms with van der Waals surface area (Å²) in [7, 11) is 0. The number of carbonyl (C=O) groups excluding carboxylic acids is 1. The number of piperidine rings is 1. The van der Waals surface area contributed by atoms with Gasteiger partial charge in [-0.05, 0) is 93.9 Å². The van der Waals surface area contributed by atoms with E-state index >= 15 is 0 Å². The molecule has 1 amide bonds. The highest BCUT2D eigenvalue weighted by molar-refractivity contribution is 6.32. The number of nitrogens with zero attached hydrogens (tertiary/aromatic N) is 2. The van der Waals surface area contributed by atoms with Crippen molar-refractivity contribution < 1.29 is 9.21 Å². The summed E-state index contributed by atoms with van der Waals surface area (Å²) in [5.74, 6) is 0.760. The highest BCUT2D eigenvalue weighted by Crippen LogP contribution is 2.31. The third-order valence-electron chi connectivity index (χ3n) is 6.38. The Morgan fingerprint density at radius 2 is 2.03 bits per heavy atom. The van der Waals surface area contributed by atoms with Crippen LogP contribution in [-0.2, 0) is 11.2 Å². The summed E-state index contributed by atoms with van der Waals surface area (Å²) in [5.41, 5.74) is 8.57. The lowest BCUT2D eigenvalue weighted by molar-refractivity contribution is -0.116. The number of hydrogen-bond donors (Lipinski definition) is 2. The van der Waals surface area contributed by atoms with Gasteiger partial charge in [0.15, 0.2) is 5.76 Å². The van der Waals surface area contributed by atoms with E-state index in [9.17, 15) is 4.79 Å². The van der Waals surface area contributed by atoms with Gasteiger partial charge in [0.1, 0.15) is 5.71 Å². The summed E-state index contributed by atoms with van der Waals surface area (Å²) in [6.45, 7) is 10.3. The molecule has 4 heterocycles. The smallest absolute Gasteiger partial charge is 0.273 e. The van der Waals surface area contributed by atoms with E-state index in [2.05, 4.69) is 41.2 Å². The Labute approximate surface area is 184 Å². The SMILES string of the molecule is Cc1[nH]c(/C=C2/C(=O)NN=C2c2ccco2)c(C(C)C)c1CCCCN1CCCCC1. The summed E-state index contributed by atoms with van der Waals surface area (Å²) in [6.07, 6.45) is 11.1. The molecule has 6 nitrogen and oxygen atoms in total. The minimum Gasteiger partial charge on any atom is -0.463 e. The molecule has 1 saturated heterocycles. The Morgan fingerprint density at radius 3 is 2.74 bits per heavy atom. The predicted octanol–water partition coefficient (Wildman–Crippen LogP) is 4.77. The van der Waals surface area contributed by atoms with Crippen molar-refractivity contribution in [2.24, 2.45) is 5.10 Å². The van der Waals surface area contributed by atoms with E-state index in [0.717, 1.165) is 12.1 Å². The van der Waals surface area contributed by atoms with Crippen LogP contribution in [0.4, 0.5) is 0 Å². The molecular formula is C25H34N4O2. The molecule has 0 unspecified atom stereocenters. The van der Waals surface area contributed by atoms with E-state index < -0.39 is 0 Å². The number of H-pyrrole nitrogens is 1. The molecule has 0 spiro atoms. The van der Waals surface area contributed by atoms with Crippen molar-refractivity contribution >= 4 is 17.7 Å². The second-order valence-electron chi connectivity index (χ2n) is 9.01. The van der Waals surface area contributed by atoms with Crippen LogP contribution < -0.4 is 5.43 Å². The summed E-state index contributed by atoms with van der Waals surface area (Å²) in [5, 5.41) is 4.18. The lowest BCUT2D eigenvalue weighted by atomic mass is 9.93. The van der Waals surface area contributed by atoms with Crippen LogP contribution in [0.1, 0.15) is 80.1 Å². The molecule has 2 aliphatic heterocycles. The fourth-order valence-electron chi connectivity index (χ4n) is 4.84. The fourth-order valence-corrected chi connectivity index (χ4v) is 4.84. The van der Waals surface area contributed by atoms with Crippen molar-refractivity contribution in [3.05, 3.63) is 52.2 Å². The number of hydrazone groups is 1. The van der Waals surface area contributed by atoms with Crippen molar-refractivity contribution in [1.29, 1.82) is 0 Å². The van der Waals surface area contributed by atoms with Crippen LogP contribution in [0.5, 0.6) is 0 Å². The molecule has 1 fully saturated rings. The predicted molar refractivity (Wildman–Crippen MR) is 124 cm³/mol. The lowest BCUT2D eigenvalue weighted by Crippen LogP contribution is -2.30. The average Bonchev–Trinajstić information content (AvgIpc) is 3.47. The monoisotopic (exact) mass is 422 g/mol. The number of unbranched alkanes of at least 4 members (excludes halogenated alkanes) is 1. The van der Waals surface area contributed by atoms with Gasteiger partial charge in [0.2, 0.25) is 0 Å². The fraction of sp³-hybridized carbons (Fsp3) is 0.520. The van der Waals surface area contributed by atoms with Gasteiger partial charge in [-0.2, -0.15) is 5.10 Å². The van der Waals surface area contributed by atoms with E-state index in [1.807, 2.05) is 12.1 Å². The molecule has 2 aromatic rings. The summed E-state index contributed by atoms with van der Waals surface area (Å²) in [4.78, 5) is 18.6. The standard InChI is InChI=1S/C25H34N4O2/c1-17(2)23-19(10-5-8-14-29-12-6-4-7-13-29)18(3)26-21(23)16-20-24(27-28-25(20)30)22-11-9-15-31-22/h9,11,15-17,26H,4-8,10,12-14H2,1-3H3,(H,28,30)/b20-16+. The molecule has 0 radical (unpaired) electrons. The minimum atomic E-state index is -0.198. The molecule has 2 N–H and O–H groups in total. The number of nitrogens with one attached hydrogen (secondary N) is 2. The molecule has 2 aliphatic rings. The van der Waals surface area contributed by atoms with Crippen LogP contribution in [0.15, 0.2) is 33.5 Å². The van der Waals surface area contributed by atoms with Gasteiger partial charge in [-0.25, -0.2) is 5.43 Å². The van der Waals surface area contributed by atoms with Crippen molar-refractivity contribution in [2.45, 2.75) is 65.2 Å². The highest BCUT2D eigenvalue weighted by Gasteiger charge is 2.27. The minimum absolute atomic E-state index is 0.198. The zero-order valence-corrected chi connectivity index (χ0v) is 19.0. The summed E-state index contributed by atoms with van der Waals surface area (Å²) < 4.78 is 5.48. The maximum Gasteiger partial charge on any atom is 0.273 e. The molecule has 166 valence electrons. The Hall–Kier alpha value is -2.60. The largest absolute Gasteiger partial charge is 0.463 e. The summed E-state index contributed by atoms with van der Waals surface area (Å²) >= 11 is 0. The van der Waals surface area contributed by atoms with Gasteiger partial charge in [0, 0.05) is 11.4 Å². The number of aryl methyl sites for hydroxylation is 1. The second kappa shape index (κ2) is 9.69. The highest BCUT2D eigenvalue weighted by atomic mass is 16.3. The Morgan fingerprint density at radius 1 is 1.23 bits per heavy atom. The average molecular weight is 423 g/mol. The zero-order chi connectivity index (χ0) is 21.8. The van der Waals surface area contributed by atoms with Crippen LogP contribution in [-0.4, -0.2) is 41.1 Å². The lowest BCUT2D eigenvalue weighted by Gasteiger charge is -2.26. The van der Waals surface area contributed by atoms with Crippen LogP contribution in [0.2, 0.25) is 0 Å². The van der Waals surface area contributed by atoms with Gasteiger partial charge in [-0.15, -0.1) is 0 Å². The molecule has 2 aromatic heterocycles. The second-order valence-corrected chi connectivity index (χ2v) is 9.01. The van der Waals surface area contributed by atoms with Crippen LogP contribution in [0.3, 0.4) is 0 Å². The first-order chi connectivity index (χ1) is 15.0. The summed E-state index contributed by atoms with van der Waals surface area (Å²) in [6, 6.07) is 3.63. The van der Waals surface area contributed by atoms with Gasteiger partial charge in [-0.1, -0.05) is 20.3 Å². The van der Waals surface area contributed by atoms with Crippen molar-refractivity contribution in [3.8, 4) is 0 Å². The van der Waals surface area contributed by atoms with Crippen LogP contribution in [0.25, 0.3) is 6.08 Å². The molecule has 4 rings (SSSR count). The number of rotatable bonds is 8. The topological polar surface area (TPSA) is 73.6 Å². The first-order valence-electron chi connectivity index (χ1n) is 11.6. The van der Waals surface area contributed by atoms with Crippen molar-refractivity contribution in [2.75, 3.05) is 19.6 Å². The molecule has 0 aliphatic carbocycles. The molecule has 6 heteroatoms. The van der Waals surface area contributed by atoms with E-state index in [1.54, 1.807) is 12.3 Å². The van der Waals surface area contributed by atoms with Crippen LogP contribution in [0, 0.1) is 6.92 Å². The zero-order valence-electron chi connectivity index (χ0n) is 19.0. The number of aromatic nitrogens is 1. The van der Waals surface area contributed by atoms with Crippen LogP contribution >= 0.6 is 0 Å². The Bertz CT molecular complexity index is 960. The van der Waals surface area contributed by atoms with Gasteiger partial charge < -0.3 is 14.3 Å². The van der Waals surface area contributed by atoms with Gasteiger partial charge in [-0.3, -0.25) is 4.79 Å². The van der Waals surface area contributed by atoms with Gasteiger partial charge >= 0.3 is 0 Å². The van der Waals surface area contributed by atoms with Gasteiger partial charge in [0.05, 0.1) is 11.8 Å². The molecular weight excluding hydrogens is 388 g/mol. The third-order valence-corrected chi connectivity index (χ3v) is 6.38. The normalized spacial score (nSPS) is 18.8. The number of aromatic amines is 1. The number of furan rings is 1. The first kappa shape index (κ1) is 21.6. The number of hydrogen-bond acceptors (Lipinski definition) is 4. The quantitative estimate of drug-likeness (QED) is 0.476. The molecule has 31 heavy (non-hydrogen) atoms. The molecule has 0 saturated carbocycles. The van der Waals surface area contributed by atoms with E-state index in [-0.39, 0.29) is 5.91 Å².